The van der Waals surface area contributed by atoms with E-state index in [1.807, 2.05) is 6.92 Å². The van der Waals surface area contributed by atoms with Gasteiger partial charge in [-0.05, 0) is 36.1 Å². The molecule has 88 valence electrons. The van der Waals surface area contributed by atoms with Gasteiger partial charge in [0.1, 0.15) is 0 Å². The van der Waals surface area contributed by atoms with Gasteiger partial charge in [-0.2, -0.15) is 0 Å². The molecular weight excluding hydrogens is 230 g/mol. The highest BCUT2D eigenvalue weighted by molar-refractivity contribution is 6.29. The minimum atomic E-state index is -0.455. The number of rotatable bonds is 1. The van der Waals surface area contributed by atoms with Crippen LogP contribution in [0, 0.1) is 5.92 Å². The Balaban J connectivity index is 2.06. The van der Waals surface area contributed by atoms with Gasteiger partial charge in [0.25, 0.3) is 5.91 Å². The van der Waals surface area contributed by atoms with E-state index in [-0.39, 0.29) is 22.8 Å². The molecule has 1 aliphatic heterocycles. The normalized spacial score (nSPS) is 25.8. The number of piperidine rings is 1. The number of halogens is 1. The molecule has 5 heteroatoms. The van der Waals surface area contributed by atoms with E-state index in [0.29, 0.717) is 13.1 Å². The van der Waals surface area contributed by atoms with Crippen molar-refractivity contribution in [2.75, 3.05) is 13.1 Å². The molecular formula is C11H14ClNO3. The van der Waals surface area contributed by atoms with Crippen molar-refractivity contribution in [3.05, 3.63) is 23.1 Å². The third-order valence-electron chi connectivity index (χ3n) is 2.99. The van der Waals surface area contributed by atoms with Gasteiger partial charge in [0.2, 0.25) is 0 Å². The summed E-state index contributed by atoms with van der Waals surface area (Å²) in [5, 5.41) is 9.90. The van der Waals surface area contributed by atoms with Crippen molar-refractivity contribution in [3.63, 3.8) is 0 Å². The average Bonchev–Trinajstić information content (AvgIpc) is 2.68. The summed E-state index contributed by atoms with van der Waals surface area (Å²) in [4.78, 5) is 13.5. The average molecular weight is 244 g/mol. The molecule has 0 aromatic carbocycles. The predicted octanol–water partition coefficient (Wildman–Crippen LogP) is 1.78. The Hall–Kier alpha value is -1.00. The highest BCUT2D eigenvalue weighted by Gasteiger charge is 2.29. The Morgan fingerprint density at radius 2 is 2.38 bits per heavy atom. The van der Waals surface area contributed by atoms with Crippen LogP contribution in [0.1, 0.15) is 23.9 Å². The van der Waals surface area contributed by atoms with Crippen molar-refractivity contribution in [2.24, 2.45) is 5.92 Å². The van der Waals surface area contributed by atoms with Gasteiger partial charge in [0, 0.05) is 13.1 Å². The van der Waals surface area contributed by atoms with E-state index in [1.165, 1.54) is 6.07 Å². The maximum Gasteiger partial charge on any atom is 0.289 e. The molecule has 2 rings (SSSR count). The van der Waals surface area contributed by atoms with Crippen molar-refractivity contribution in [1.29, 1.82) is 0 Å². The van der Waals surface area contributed by atoms with Crippen LogP contribution in [0.15, 0.2) is 16.5 Å². The molecule has 1 saturated heterocycles. The van der Waals surface area contributed by atoms with E-state index < -0.39 is 6.10 Å². The summed E-state index contributed by atoms with van der Waals surface area (Å²) in [6.45, 7) is 2.99. The molecule has 2 unspecified atom stereocenters. The minimum absolute atomic E-state index is 0.203. The van der Waals surface area contributed by atoms with Crippen molar-refractivity contribution < 1.29 is 14.3 Å². The van der Waals surface area contributed by atoms with Gasteiger partial charge in [-0.3, -0.25) is 4.79 Å². The zero-order valence-corrected chi connectivity index (χ0v) is 9.78. The monoisotopic (exact) mass is 243 g/mol. The number of β-amino-alcohol motifs (C(OH)–C–C–N with tert-alkyl or cyclic N) is 1. The molecule has 1 N–H and O–H groups in total. The van der Waals surface area contributed by atoms with Crippen LogP contribution in [0.4, 0.5) is 0 Å². The quantitative estimate of drug-likeness (QED) is 0.818. The standard InChI is InChI=1S/C11H14ClNO3/c1-7-4-5-13(6-8(7)14)11(15)9-2-3-10(12)16-9/h2-3,7-8,14H,4-6H2,1H3. The summed E-state index contributed by atoms with van der Waals surface area (Å²) in [5.74, 6) is 0.258. The van der Waals surface area contributed by atoms with Crippen molar-refractivity contribution in [2.45, 2.75) is 19.4 Å². The fourth-order valence-corrected chi connectivity index (χ4v) is 1.96. The molecule has 0 radical (unpaired) electrons. The second-order valence-corrected chi connectivity index (χ2v) is 4.56. The summed E-state index contributed by atoms with van der Waals surface area (Å²) >= 11 is 5.61. The maximum atomic E-state index is 11.9. The lowest BCUT2D eigenvalue weighted by molar-refractivity contribution is 0.0231. The number of aliphatic hydroxyl groups is 1. The van der Waals surface area contributed by atoms with Gasteiger partial charge in [-0.25, -0.2) is 0 Å². The molecule has 2 atom stereocenters. The van der Waals surface area contributed by atoms with Gasteiger partial charge < -0.3 is 14.4 Å². The van der Waals surface area contributed by atoms with E-state index in [1.54, 1.807) is 11.0 Å². The molecule has 0 aliphatic carbocycles. The van der Waals surface area contributed by atoms with Gasteiger partial charge in [0.15, 0.2) is 11.0 Å². The third kappa shape index (κ3) is 2.23. The lowest BCUT2D eigenvalue weighted by Gasteiger charge is -2.33. The molecule has 1 fully saturated rings. The number of carbonyl (C=O) groups excluding carboxylic acids is 1. The maximum absolute atomic E-state index is 11.9. The van der Waals surface area contributed by atoms with Crippen LogP contribution in [-0.4, -0.2) is 35.1 Å². The Morgan fingerprint density at radius 3 is 2.94 bits per heavy atom. The topological polar surface area (TPSA) is 53.7 Å². The number of hydrogen-bond donors (Lipinski definition) is 1. The molecule has 1 aliphatic rings. The molecule has 1 amide bonds. The molecule has 16 heavy (non-hydrogen) atoms. The van der Waals surface area contributed by atoms with Crippen LogP contribution in [0.3, 0.4) is 0 Å². The van der Waals surface area contributed by atoms with Crippen LogP contribution in [-0.2, 0) is 0 Å². The van der Waals surface area contributed by atoms with Crippen molar-refractivity contribution >= 4 is 17.5 Å². The predicted molar refractivity (Wildman–Crippen MR) is 59.4 cm³/mol. The first kappa shape index (κ1) is 11.5. The van der Waals surface area contributed by atoms with Gasteiger partial charge in [0.05, 0.1) is 6.10 Å². The van der Waals surface area contributed by atoms with Crippen LogP contribution >= 0.6 is 11.6 Å². The van der Waals surface area contributed by atoms with E-state index in [0.717, 1.165) is 6.42 Å². The molecule has 0 saturated carbocycles. The number of hydrogen-bond acceptors (Lipinski definition) is 3. The SMILES string of the molecule is CC1CCN(C(=O)c2ccc(Cl)o2)CC1O. The number of likely N-dealkylation sites (tertiary alicyclic amines) is 1. The van der Waals surface area contributed by atoms with Crippen LogP contribution in [0.25, 0.3) is 0 Å². The summed E-state index contributed by atoms with van der Waals surface area (Å²) in [7, 11) is 0. The van der Waals surface area contributed by atoms with Gasteiger partial charge in [-0.15, -0.1) is 0 Å². The first-order chi connectivity index (χ1) is 7.58. The first-order valence-electron chi connectivity index (χ1n) is 5.30. The van der Waals surface area contributed by atoms with Crippen LogP contribution in [0.5, 0.6) is 0 Å². The lowest BCUT2D eigenvalue weighted by Crippen LogP contribution is -2.45. The van der Waals surface area contributed by atoms with E-state index in [2.05, 4.69) is 0 Å². The molecule has 2 heterocycles. The second-order valence-electron chi connectivity index (χ2n) is 4.19. The van der Waals surface area contributed by atoms with E-state index in [9.17, 15) is 9.90 Å². The number of furan rings is 1. The summed E-state index contributed by atoms with van der Waals surface area (Å²) in [5.41, 5.74) is 0. The Kier molecular flexibility index (Phi) is 3.21. The number of aliphatic hydroxyl groups excluding tert-OH is 1. The third-order valence-corrected chi connectivity index (χ3v) is 3.19. The summed E-state index contributed by atoms with van der Waals surface area (Å²) < 4.78 is 5.05. The Bertz CT molecular complexity index is 390. The van der Waals surface area contributed by atoms with Crippen molar-refractivity contribution in [1.82, 2.24) is 4.90 Å². The number of nitrogens with zero attached hydrogens (tertiary/aromatic N) is 1. The summed E-state index contributed by atoms with van der Waals surface area (Å²) in [6, 6.07) is 3.09. The molecule has 1 aromatic heterocycles. The molecule has 4 nitrogen and oxygen atoms in total. The van der Waals surface area contributed by atoms with Crippen LogP contribution < -0.4 is 0 Å². The Labute approximate surface area is 98.8 Å². The largest absolute Gasteiger partial charge is 0.440 e. The fourth-order valence-electron chi connectivity index (χ4n) is 1.82. The summed E-state index contributed by atoms with van der Waals surface area (Å²) in [6.07, 6.45) is 0.351. The highest BCUT2D eigenvalue weighted by atomic mass is 35.5. The molecule has 1 aromatic rings. The zero-order valence-electron chi connectivity index (χ0n) is 9.02. The number of carbonyl (C=O) groups is 1. The van der Waals surface area contributed by atoms with Crippen molar-refractivity contribution in [3.8, 4) is 0 Å². The molecule has 0 bridgehead atoms. The minimum Gasteiger partial charge on any atom is -0.440 e. The smallest absolute Gasteiger partial charge is 0.289 e. The zero-order chi connectivity index (χ0) is 11.7. The molecule has 0 spiro atoms. The van der Waals surface area contributed by atoms with Gasteiger partial charge in [-0.1, -0.05) is 6.92 Å². The number of amides is 1. The van der Waals surface area contributed by atoms with E-state index in [4.69, 9.17) is 16.0 Å². The Morgan fingerprint density at radius 1 is 1.62 bits per heavy atom. The van der Waals surface area contributed by atoms with Crippen LogP contribution in [0.2, 0.25) is 5.22 Å². The van der Waals surface area contributed by atoms with E-state index >= 15 is 0 Å². The fraction of sp³-hybridized carbons (Fsp3) is 0.545. The van der Waals surface area contributed by atoms with Gasteiger partial charge >= 0.3 is 0 Å². The first-order valence-corrected chi connectivity index (χ1v) is 5.68. The second kappa shape index (κ2) is 4.47. The highest BCUT2D eigenvalue weighted by Crippen LogP contribution is 2.20. The lowest BCUT2D eigenvalue weighted by atomic mass is 9.96.